The Hall–Kier alpha value is -2.95. The highest BCUT2D eigenvalue weighted by Crippen LogP contribution is 2.23. The van der Waals surface area contributed by atoms with Gasteiger partial charge in [0.1, 0.15) is 5.75 Å². The van der Waals surface area contributed by atoms with Gasteiger partial charge < -0.3 is 4.74 Å². The number of carbonyl (C=O) groups is 1. The predicted molar refractivity (Wildman–Crippen MR) is 84.2 cm³/mol. The van der Waals surface area contributed by atoms with E-state index < -0.39 is 4.92 Å². The normalized spacial score (nSPS) is 10.6. The minimum Gasteiger partial charge on any atom is -0.496 e. The Kier molecular flexibility index (Phi) is 4.68. The fraction of sp³-hybridized carbons (Fsp3) is 0.118. The molecule has 2 aromatic rings. The molecule has 0 unspecified atom stereocenters. The number of ketones is 1. The summed E-state index contributed by atoms with van der Waals surface area (Å²) in [4.78, 5) is 22.8. The van der Waals surface area contributed by atoms with Crippen molar-refractivity contribution in [1.29, 1.82) is 0 Å². The molecule has 2 rings (SSSR count). The second-order valence-electron chi connectivity index (χ2n) is 4.72. The van der Waals surface area contributed by atoms with Crippen LogP contribution in [0.4, 0.5) is 5.69 Å². The molecule has 0 spiro atoms. The van der Waals surface area contributed by atoms with Gasteiger partial charge in [0.05, 0.1) is 23.2 Å². The summed E-state index contributed by atoms with van der Waals surface area (Å²) >= 11 is 0. The van der Waals surface area contributed by atoms with Crippen LogP contribution in [0.1, 0.15) is 21.5 Å². The molecule has 0 aliphatic heterocycles. The van der Waals surface area contributed by atoms with Gasteiger partial charge in [-0.2, -0.15) is 0 Å². The third kappa shape index (κ3) is 3.38. The van der Waals surface area contributed by atoms with Crippen molar-refractivity contribution in [3.8, 4) is 5.75 Å². The van der Waals surface area contributed by atoms with Crippen molar-refractivity contribution in [2.75, 3.05) is 7.11 Å². The van der Waals surface area contributed by atoms with Gasteiger partial charge in [0.15, 0.2) is 5.78 Å². The van der Waals surface area contributed by atoms with Gasteiger partial charge in [-0.25, -0.2) is 0 Å². The number of hydrogen-bond donors (Lipinski definition) is 0. The summed E-state index contributed by atoms with van der Waals surface area (Å²) in [6.07, 6.45) is 2.77. The molecule has 0 N–H and O–H groups in total. The number of methoxy groups -OCH3 is 1. The molecule has 0 heterocycles. The zero-order valence-electron chi connectivity index (χ0n) is 12.3. The van der Waals surface area contributed by atoms with E-state index in [0.29, 0.717) is 16.9 Å². The molecular formula is C17H15NO4. The van der Waals surface area contributed by atoms with E-state index in [1.54, 1.807) is 43.3 Å². The lowest BCUT2D eigenvalue weighted by molar-refractivity contribution is -0.385. The molecule has 5 nitrogen and oxygen atoms in total. The summed E-state index contributed by atoms with van der Waals surface area (Å²) in [7, 11) is 1.49. The first-order chi connectivity index (χ1) is 10.5. The van der Waals surface area contributed by atoms with Gasteiger partial charge in [-0.15, -0.1) is 0 Å². The summed E-state index contributed by atoms with van der Waals surface area (Å²) < 4.78 is 5.13. The number of ether oxygens (including phenoxy) is 1. The van der Waals surface area contributed by atoms with Crippen LogP contribution in [0.15, 0.2) is 48.5 Å². The molecule has 22 heavy (non-hydrogen) atoms. The van der Waals surface area contributed by atoms with Gasteiger partial charge in [0.25, 0.3) is 5.69 Å². The maximum atomic E-state index is 12.2. The highest BCUT2D eigenvalue weighted by Gasteiger charge is 2.13. The van der Waals surface area contributed by atoms with Gasteiger partial charge in [0.2, 0.25) is 0 Å². The molecule has 0 aliphatic carbocycles. The van der Waals surface area contributed by atoms with Crippen LogP contribution < -0.4 is 4.74 Å². The van der Waals surface area contributed by atoms with E-state index in [2.05, 4.69) is 0 Å². The SMILES string of the molecule is COc1ccccc1C(=O)/C=C/c1ccc(C)cc1[N+](=O)[O-]. The van der Waals surface area contributed by atoms with E-state index in [1.165, 1.54) is 25.3 Å². The van der Waals surface area contributed by atoms with Crippen LogP contribution >= 0.6 is 0 Å². The monoisotopic (exact) mass is 297 g/mol. The Balaban J connectivity index is 2.33. The van der Waals surface area contributed by atoms with Crippen molar-refractivity contribution in [2.45, 2.75) is 6.92 Å². The molecular weight excluding hydrogens is 282 g/mol. The number of aryl methyl sites for hydroxylation is 1. The van der Waals surface area contributed by atoms with Crippen LogP contribution in [0.2, 0.25) is 0 Å². The van der Waals surface area contributed by atoms with Crippen LogP contribution in [0.5, 0.6) is 5.75 Å². The van der Waals surface area contributed by atoms with Crippen molar-refractivity contribution in [3.63, 3.8) is 0 Å². The first-order valence-electron chi connectivity index (χ1n) is 6.63. The van der Waals surface area contributed by atoms with Gasteiger partial charge in [0, 0.05) is 6.07 Å². The quantitative estimate of drug-likeness (QED) is 0.364. The summed E-state index contributed by atoms with van der Waals surface area (Å²) in [6, 6.07) is 11.7. The molecule has 5 heteroatoms. The molecule has 2 aromatic carbocycles. The minimum atomic E-state index is -0.458. The molecule has 0 radical (unpaired) electrons. The van der Waals surface area contributed by atoms with Crippen molar-refractivity contribution < 1.29 is 14.5 Å². The predicted octanol–water partition coefficient (Wildman–Crippen LogP) is 3.81. The maximum Gasteiger partial charge on any atom is 0.276 e. The second-order valence-corrected chi connectivity index (χ2v) is 4.72. The molecule has 0 amide bonds. The zero-order chi connectivity index (χ0) is 16.1. The standard InChI is InChI=1S/C17H15NO4/c1-12-7-8-13(15(11-12)18(20)21)9-10-16(19)14-5-3-4-6-17(14)22-2/h3-11H,1-2H3/b10-9+. The van der Waals surface area contributed by atoms with Crippen LogP contribution in [-0.2, 0) is 0 Å². The number of rotatable bonds is 5. The lowest BCUT2D eigenvalue weighted by Gasteiger charge is -2.04. The first-order valence-corrected chi connectivity index (χ1v) is 6.63. The molecule has 0 atom stereocenters. The minimum absolute atomic E-state index is 0.0240. The topological polar surface area (TPSA) is 69.4 Å². The number of hydrogen-bond acceptors (Lipinski definition) is 4. The fourth-order valence-corrected chi connectivity index (χ4v) is 2.06. The number of para-hydroxylation sites is 1. The van der Waals surface area contributed by atoms with E-state index >= 15 is 0 Å². The molecule has 112 valence electrons. The van der Waals surface area contributed by atoms with E-state index in [1.807, 2.05) is 0 Å². The lowest BCUT2D eigenvalue weighted by atomic mass is 10.1. The van der Waals surface area contributed by atoms with Crippen LogP contribution in [0.25, 0.3) is 6.08 Å². The lowest BCUT2D eigenvalue weighted by Crippen LogP contribution is -1.98. The molecule has 0 aromatic heterocycles. The van der Waals surface area contributed by atoms with E-state index in [0.717, 1.165) is 5.56 Å². The smallest absolute Gasteiger partial charge is 0.276 e. The molecule has 0 saturated heterocycles. The number of nitro groups is 1. The van der Waals surface area contributed by atoms with Crippen molar-refractivity contribution in [2.24, 2.45) is 0 Å². The van der Waals surface area contributed by atoms with E-state index in [9.17, 15) is 14.9 Å². The Morgan fingerprint density at radius 3 is 2.64 bits per heavy atom. The van der Waals surface area contributed by atoms with E-state index in [-0.39, 0.29) is 11.5 Å². The average Bonchev–Trinajstić information content (AvgIpc) is 2.53. The van der Waals surface area contributed by atoms with Crippen molar-refractivity contribution >= 4 is 17.5 Å². The number of carbonyl (C=O) groups excluding carboxylic acids is 1. The largest absolute Gasteiger partial charge is 0.496 e. The summed E-state index contributed by atoms with van der Waals surface area (Å²) in [6.45, 7) is 1.78. The van der Waals surface area contributed by atoms with Crippen LogP contribution in [0.3, 0.4) is 0 Å². The summed E-state index contributed by atoms with van der Waals surface area (Å²) in [5, 5.41) is 11.1. The highest BCUT2D eigenvalue weighted by atomic mass is 16.6. The van der Waals surface area contributed by atoms with Gasteiger partial charge in [-0.05, 0) is 42.8 Å². The maximum absolute atomic E-state index is 12.2. The number of nitro benzene ring substituents is 1. The number of allylic oxidation sites excluding steroid dienone is 1. The molecule has 0 bridgehead atoms. The Morgan fingerprint density at radius 2 is 1.95 bits per heavy atom. The van der Waals surface area contributed by atoms with Gasteiger partial charge in [-0.1, -0.05) is 18.2 Å². The average molecular weight is 297 g/mol. The van der Waals surface area contributed by atoms with Crippen LogP contribution in [-0.4, -0.2) is 17.8 Å². The highest BCUT2D eigenvalue weighted by molar-refractivity contribution is 6.08. The van der Waals surface area contributed by atoms with Gasteiger partial charge >= 0.3 is 0 Å². The van der Waals surface area contributed by atoms with Gasteiger partial charge in [-0.3, -0.25) is 14.9 Å². The second kappa shape index (κ2) is 6.67. The van der Waals surface area contributed by atoms with E-state index in [4.69, 9.17) is 4.74 Å². The Morgan fingerprint density at radius 1 is 1.23 bits per heavy atom. The molecule has 0 aliphatic rings. The number of benzene rings is 2. The molecule has 0 fully saturated rings. The van der Waals surface area contributed by atoms with Crippen molar-refractivity contribution in [3.05, 3.63) is 75.3 Å². The van der Waals surface area contributed by atoms with Crippen molar-refractivity contribution in [1.82, 2.24) is 0 Å². The third-order valence-corrected chi connectivity index (χ3v) is 3.17. The molecule has 0 saturated carbocycles. The zero-order valence-corrected chi connectivity index (χ0v) is 12.3. The fourth-order valence-electron chi connectivity index (χ4n) is 2.06. The first kappa shape index (κ1) is 15.4. The Labute approximate surface area is 128 Å². The summed E-state index contributed by atoms with van der Waals surface area (Å²) in [5.74, 6) is 0.197. The van der Waals surface area contributed by atoms with Crippen LogP contribution in [0, 0.1) is 17.0 Å². The summed E-state index contributed by atoms with van der Waals surface area (Å²) in [5.41, 5.74) is 1.57. The third-order valence-electron chi connectivity index (χ3n) is 3.17. The number of nitrogens with zero attached hydrogens (tertiary/aromatic N) is 1. The Bertz CT molecular complexity index is 750.